The van der Waals surface area contributed by atoms with Crippen molar-refractivity contribution in [3.8, 4) is 6.07 Å². The van der Waals surface area contributed by atoms with Crippen molar-refractivity contribution in [2.45, 2.75) is 38.9 Å². The van der Waals surface area contributed by atoms with Crippen molar-refractivity contribution in [2.24, 2.45) is 5.73 Å². The molecule has 1 aliphatic heterocycles. The molecule has 1 aromatic carbocycles. The average Bonchev–Trinajstić information content (AvgIpc) is 2.64. The Morgan fingerprint density at radius 1 is 1.27 bits per heavy atom. The molecule has 0 aliphatic carbocycles. The molecule has 2 rings (SSSR count). The molecule has 0 amide bonds. The van der Waals surface area contributed by atoms with Crippen LogP contribution in [0.2, 0.25) is 0 Å². The summed E-state index contributed by atoms with van der Waals surface area (Å²) >= 11 is 0. The Balaban J connectivity index is 2.38. The second-order valence-electron chi connectivity index (χ2n) is 6.47. The number of nitrogens with two attached hydrogens (primary N) is 2. The summed E-state index contributed by atoms with van der Waals surface area (Å²) in [7, 11) is -0.525. The van der Waals surface area contributed by atoms with E-state index in [1.54, 1.807) is 18.2 Å². The molecule has 5 nitrogen and oxygen atoms in total. The molecule has 4 N–H and O–H groups in total. The first-order valence-corrected chi connectivity index (χ1v) is 7.26. The zero-order chi connectivity index (χ0) is 16.5. The molecule has 0 radical (unpaired) electrons. The minimum absolute atomic E-state index is 0.274. The van der Waals surface area contributed by atoms with Gasteiger partial charge < -0.3 is 20.8 Å². The van der Waals surface area contributed by atoms with E-state index in [4.69, 9.17) is 20.8 Å². The predicted molar refractivity (Wildman–Crippen MR) is 88.7 cm³/mol. The Labute approximate surface area is 132 Å². The Morgan fingerprint density at radius 3 is 2.36 bits per heavy atom. The minimum atomic E-state index is -0.525. The van der Waals surface area contributed by atoms with Crippen molar-refractivity contribution in [1.82, 2.24) is 0 Å². The molecule has 0 atom stereocenters. The second-order valence-corrected chi connectivity index (χ2v) is 6.47. The smallest absolute Gasteiger partial charge is 0.400 e. The van der Waals surface area contributed by atoms with Crippen LogP contribution in [0.4, 0.5) is 5.69 Å². The second kappa shape index (κ2) is 5.77. The molecule has 0 spiro atoms. The maximum Gasteiger partial charge on any atom is 0.491 e. The van der Waals surface area contributed by atoms with Gasteiger partial charge in [0, 0.05) is 12.2 Å². The molecule has 116 valence electrons. The SMILES string of the molecule is CC1(C)OB(C(=Cc2cc(N)ccc2C#N)CN)OC1(C)C. The zero-order valence-corrected chi connectivity index (χ0v) is 13.5. The Kier molecular flexibility index (Phi) is 4.34. The highest BCUT2D eigenvalue weighted by Gasteiger charge is 2.52. The molecule has 0 bridgehead atoms. The van der Waals surface area contributed by atoms with Crippen LogP contribution in [0.3, 0.4) is 0 Å². The summed E-state index contributed by atoms with van der Waals surface area (Å²) in [5.41, 5.74) is 13.4. The molecular weight excluding hydrogens is 277 g/mol. The van der Waals surface area contributed by atoms with Crippen molar-refractivity contribution >= 4 is 18.9 Å². The van der Waals surface area contributed by atoms with E-state index in [2.05, 4.69) is 6.07 Å². The predicted octanol–water partition coefficient (Wildman–Crippen LogP) is 2.11. The van der Waals surface area contributed by atoms with Crippen LogP contribution in [-0.2, 0) is 9.31 Å². The molecule has 1 heterocycles. The van der Waals surface area contributed by atoms with E-state index < -0.39 is 18.3 Å². The molecule has 6 heteroatoms. The molecule has 1 aromatic rings. The number of rotatable bonds is 3. The van der Waals surface area contributed by atoms with Crippen LogP contribution in [-0.4, -0.2) is 24.9 Å². The summed E-state index contributed by atoms with van der Waals surface area (Å²) in [6, 6.07) is 7.30. The van der Waals surface area contributed by atoms with Gasteiger partial charge in [0.1, 0.15) is 0 Å². The van der Waals surface area contributed by atoms with Crippen LogP contribution < -0.4 is 11.5 Å². The van der Waals surface area contributed by atoms with E-state index in [9.17, 15) is 5.26 Å². The fourth-order valence-corrected chi connectivity index (χ4v) is 2.22. The zero-order valence-electron chi connectivity index (χ0n) is 13.5. The highest BCUT2D eigenvalue weighted by atomic mass is 16.7. The number of nitrogens with zero attached hydrogens (tertiary/aromatic N) is 1. The monoisotopic (exact) mass is 299 g/mol. The Bertz CT molecular complexity index is 631. The number of nitriles is 1. The van der Waals surface area contributed by atoms with Gasteiger partial charge >= 0.3 is 7.12 Å². The van der Waals surface area contributed by atoms with E-state index in [1.165, 1.54) is 0 Å². The lowest BCUT2D eigenvalue weighted by atomic mass is 9.77. The summed E-state index contributed by atoms with van der Waals surface area (Å²) < 4.78 is 12.0. The highest BCUT2D eigenvalue weighted by Crippen LogP contribution is 2.38. The maximum absolute atomic E-state index is 9.21. The largest absolute Gasteiger partial charge is 0.491 e. The van der Waals surface area contributed by atoms with Gasteiger partial charge in [-0.15, -0.1) is 0 Å². The standard InChI is InChI=1S/C16H22BN3O2/c1-15(2)16(3,4)22-17(21-15)13(10-19)7-12-8-14(20)6-5-11(12)9-18/h5-8H,10,19-20H2,1-4H3. The Morgan fingerprint density at radius 2 is 1.86 bits per heavy atom. The topological polar surface area (TPSA) is 94.3 Å². The van der Waals surface area contributed by atoms with Gasteiger partial charge in [-0.3, -0.25) is 0 Å². The number of hydrogen-bond donors (Lipinski definition) is 2. The Hall–Kier alpha value is -1.81. The van der Waals surface area contributed by atoms with Gasteiger partial charge in [0.2, 0.25) is 0 Å². The average molecular weight is 299 g/mol. The van der Waals surface area contributed by atoms with Crippen molar-refractivity contribution in [3.63, 3.8) is 0 Å². The van der Waals surface area contributed by atoms with Gasteiger partial charge in [0.15, 0.2) is 0 Å². The minimum Gasteiger partial charge on any atom is -0.400 e. The molecule has 0 saturated carbocycles. The maximum atomic E-state index is 9.21. The number of benzene rings is 1. The summed E-state index contributed by atoms with van der Waals surface area (Å²) in [5, 5.41) is 9.21. The first kappa shape index (κ1) is 16.6. The van der Waals surface area contributed by atoms with Crippen LogP contribution in [0, 0.1) is 11.3 Å². The van der Waals surface area contributed by atoms with Crippen molar-refractivity contribution in [1.29, 1.82) is 5.26 Å². The number of anilines is 1. The van der Waals surface area contributed by atoms with E-state index in [1.807, 2.05) is 33.8 Å². The van der Waals surface area contributed by atoms with E-state index in [0.29, 0.717) is 11.3 Å². The molecule has 1 saturated heterocycles. The highest BCUT2D eigenvalue weighted by molar-refractivity contribution is 6.55. The molecular formula is C16H22BN3O2. The lowest BCUT2D eigenvalue weighted by molar-refractivity contribution is 0.00578. The summed E-state index contributed by atoms with van der Waals surface area (Å²) in [6.07, 6.45) is 1.83. The van der Waals surface area contributed by atoms with E-state index in [0.717, 1.165) is 11.0 Å². The van der Waals surface area contributed by atoms with Crippen LogP contribution >= 0.6 is 0 Å². The normalized spacial score (nSPS) is 20.0. The fraction of sp³-hybridized carbons (Fsp3) is 0.438. The van der Waals surface area contributed by atoms with Crippen molar-refractivity contribution < 1.29 is 9.31 Å². The third-order valence-electron chi connectivity index (χ3n) is 4.33. The van der Waals surface area contributed by atoms with E-state index in [-0.39, 0.29) is 6.54 Å². The van der Waals surface area contributed by atoms with Crippen LogP contribution in [0.25, 0.3) is 6.08 Å². The first-order valence-electron chi connectivity index (χ1n) is 7.26. The molecule has 22 heavy (non-hydrogen) atoms. The third kappa shape index (κ3) is 3.02. The summed E-state index contributed by atoms with van der Waals surface area (Å²) in [4.78, 5) is 0. The van der Waals surface area contributed by atoms with E-state index >= 15 is 0 Å². The first-order chi connectivity index (χ1) is 10.2. The van der Waals surface area contributed by atoms with Crippen LogP contribution in [0.1, 0.15) is 38.8 Å². The lowest BCUT2D eigenvalue weighted by Crippen LogP contribution is -2.41. The van der Waals surface area contributed by atoms with Crippen LogP contribution in [0.15, 0.2) is 23.7 Å². The summed E-state index contributed by atoms with van der Waals surface area (Å²) in [6.45, 7) is 8.23. The number of hydrogen-bond acceptors (Lipinski definition) is 5. The van der Waals surface area contributed by atoms with Crippen molar-refractivity contribution in [3.05, 3.63) is 34.8 Å². The van der Waals surface area contributed by atoms with Gasteiger partial charge in [-0.05, 0) is 56.9 Å². The quantitative estimate of drug-likeness (QED) is 0.658. The fourth-order valence-electron chi connectivity index (χ4n) is 2.22. The van der Waals surface area contributed by atoms with Gasteiger partial charge in [-0.25, -0.2) is 0 Å². The molecule has 0 unspecified atom stereocenters. The van der Waals surface area contributed by atoms with Crippen LogP contribution in [0.5, 0.6) is 0 Å². The van der Waals surface area contributed by atoms with Gasteiger partial charge in [-0.2, -0.15) is 5.26 Å². The lowest BCUT2D eigenvalue weighted by Gasteiger charge is -2.32. The molecule has 0 aromatic heterocycles. The van der Waals surface area contributed by atoms with Crippen molar-refractivity contribution in [2.75, 3.05) is 12.3 Å². The van der Waals surface area contributed by atoms with Gasteiger partial charge in [-0.1, -0.05) is 6.08 Å². The molecule has 1 aliphatic rings. The van der Waals surface area contributed by atoms with Gasteiger partial charge in [0.05, 0.1) is 22.8 Å². The third-order valence-corrected chi connectivity index (χ3v) is 4.33. The number of nitrogen functional groups attached to an aromatic ring is 1. The summed E-state index contributed by atoms with van der Waals surface area (Å²) in [5.74, 6) is 0. The molecule has 1 fully saturated rings. The van der Waals surface area contributed by atoms with Gasteiger partial charge in [0.25, 0.3) is 0 Å².